The Bertz CT molecular complexity index is 1060. The average Bonchev–Trinajstić information content (AvgIpc) is 3.37. The molecule has 2 aliphatic rings. The van der Waals surface area contributed by atoms with E-state index in [4.69, 9.17) is 0 Å². The number of nitrogens with zero attached hydrogens (tertiary/aromatic N) is 7. The molecule has 10 heteroatoms. The third-order valence-electron chi connectivity index (χ3n) is 6.07. The van der Waals surface area contributed by atoms with Gasteiger partial charge in [-0.15, -0.1) is 25.2 Å². The van der Waals surface area contributed by atoms with E-state index in [1.54, 1.807) is 31.2 Å². The number of phenolic OH excluding ortho intramolecular Hbond substituents is 1. The van der Waals surface area contributed by atoms with E-state index in [9.17, 15) is 9.50 Å². The molecular weight excluding hydrogens is 387 g/mol. The number of phenols is 1. The largest absolute Gasteiger partial charge is 0.507 e. The molecule has 9 nitrogen and oxygen atoms in total. The first kappa shape index (κ1) is 18.9. The van der Waals surface area contributed by atoms with Gasteiger partial charge in [0.2, 0.25) is 0 Å². The normalized spacial score (nSPS) is 25.4. The number of rotatable bonds is 4. The van der Waals surface area contributed by atoms with Crippen LogP contribution in [0.15, 0.2) is 30.3 Å². The van der Waals surface area contributed by atoms with Crippen molar-refractivity contribution < 1.29 is 9.50 Å². The molecule has 0 aliphatic carbocycles. The summed E-state index contributed by atoms with van der Waals surface area (Å²) in [7, 11) is 1.87. The van der Waals surface area contributed by atoms with Crippen LogP contribution in [0.3, 0.4) is 0 Å². The first-order chi connectivity index (χ1) is 14.5. The molecular formula is C20H23FN8O. The second kappa shape index (κ2) is 7.28. The SMILES string of the molecule is Cc1nnn(-c2ccc(-c3ccc(N(C)[C@@H]4C[C@H]5CC[C@H](N5)[C@H]4F)nn3)c(O)c2)n1. The monoisotopic (exact) mass is 410 g/mol. The van der Waals surface area contributed by atoms with Gasteiger partial charge in [-0.2, -0.15) is 0 Å². The summed E-state index contributed by atoms with van der Waals surface area (Å²) in [5.41, 5.74) is 1.66. The molecule has 0 amide bonds. The van der Waals surface area contributed by atoms with Crippen molar-refractivity contribution in [3.05, 3.63) is 36.2 Å². The highest BCUT2D eigenvalue weighted by Gasteiger charge is 2.43. The Kier molecular flexibility index (Phi) is 4.58. The fourth-order valence-corrected chi connectivity index (χ4v) is 4.43. The number of aryl methyl sites for hydroxylation is 1. The van der Waals surface area contributed by atoms with Gasteiger partial charge in [0.05, 0.1) is 17.4 Å². The molecule has 1 aromatic carbocycles. The Balaban J connectivity index is 1.36. The highest BCUT2D eigenvalue weighted by Crippen LogP contribution is 2.34. The van der Waals surface area contributed by atoms with E-state index in [1.165, 1.54) is 4.80 Å². The van der Waals surface area contributed by atoms with E-state index in [-0.39, 0.29) is 17.8 Å². The van der Waals surface area contributed by atoms with Gasteiger partial charge in [0.25, 0.3) is 0 Å². The van der Waals surface area contributed by atoms with Gasteiger partial charge < -0.3 is 15.3 Å². The van der Waals surface area contributed by atoms with Gasteiger partial charge in [-0.1, -0.05) is 0 Å². The second-order valence-corrected chi connectivity index (χ2v) is 8.01. The number of alkyl halides is 1. The molecule has 4 atom stereocenters. The van der Waals surface area contributed by atoms with Crippen LogP contribution in [0.2, 0.25) is 0 Å². The summed E-state index contributed by atoms with van der Waals surface area (Å²) in [6.07, 6.45) is 1.75. The molecule has 2 fully saturated rings. The van der Waals surface area contributed by atoms with Crippen LogP contribution < -0.4 is 10.2 Å². The Morgan fingerprint density at radius 1 is 1.17 bits per heavy atom. The van der Waals surface area contributed by atoms with Crippen LogP contribution in [0.5, 0.6) is 5.75 Å². The van der Waals surface area contributed by atoms with Gasteiger partial charge in [0.15, 0.2) is 11.6 Å². The average molecular weight is 410 g/mol. The number of nitrogens with one attached hydrogen (secondary N) is 1. The third kappa shape index (κ3) is 3.26. The van der Waals surface area contributed by atoms with Gasteiger partial charge in [-0.05, 0) is 55.7 Å². The van der Waals surface area contributed by atoms with Gasteiger partial charge in [-0.3, -0.25) is 0 Å². The van der Waals surface area contributed by atoms with Gasteiger partial charge in [0, 0.05) is 30.8 Å². The summed E-state index contributed by atoms with van der Waals surface area (Å²) in [6, 6.07) is 8.76. The minimum Gasteiger partial charge on any atom is -0.507 e. The van der Waals surface area contributed by atoms with Gasteiger partial charge in [0.1, 0.15) is 11.9 Å². The zero-order valence-electron chi connectivity index (χ0n) is 16.8. The number of benzene rings is 1. The van der Waals surface area contributed by atoms with Gasteiger partial charge in [-0.25, -0.2) is 4.39 Å². The fraction of sp³-hybridized carbons (Fsp3) is 0.450. The zero-order valence-corrected chi connectivity index (χ0v) is 16.8. The highest BCUT2D eigenvalue weighted by molar-refractivity contribution is 5.68. The first-order valence-electron chi connectivity index (χ1n) is 10.1. The number of piperidine rings is 1. The van der Waals surface area contributed by atoms with Crippen LogP contribution in [0, 0.1) is 6.92 Å². The third-order valence-corrected chi connectivity index (χ3v) is 6.07. The van der Waals surface area contributed by atoms with E-state index in [0.29, 0.717) is 34.6 Å². The van der Waals surface area contributed by atoms with Crippen LogP contribution in [-0.2, 0) is 0 Å². The number of anilines is 1. The smallest absolute Gasteiger partial charge is 0.172 e. The summed E-state index contributed by atoms with van der Waals surface area (Å²) < 4.78 is 14.8. The number of hydrogen-bond acceptors (Lipinski definition) is 8. The van der Waals surface area contributed by atoms with Crippen molar-refractivity contribution in [1.29, 1.82) is 0 Å². The van der Waals surface area contributed by atoms with Crippen molar-refractivity contribution in [3.8, 4) is 22.7 Å². The van der Waals surface area contributed by atoms with E-state index >= 15 is 0 Å². The molecule has 2 N–H and O–H groups in total. The van der Waals surface area contributed by atoms with Crippen molar-refractivity contribution in [2.24, 2.45) is 0 Å². The Morgan fingerprint density at radius 3 is 2.73 bits per heavy atom. The molecule has 2 saturated heterocycles. The molecule has 4 heterocycles. The number of aromatic nitrogens is 6. The summed E-state index contributed by atoms with van der Waals surface area (Å²) >= 11 is 0. The van der Waals surface area contributed by atoms with Gasteiger partial charge >= 0.3 is 0 Å². The standard InChI is InChI=1S/C20H23FN8O/c1-11-23-27-29(26-11)13-4-5-14(18(30)10-13)15-7-8-19(25-24-15)28(2)17-9-12-3-6-16(22-12)20(17)21/h4-5,7-8,10,12,16-17,20,22,30H,3,6,9H2,1-2H3/t12-,16+,17-,20-/m1/s1. The Hall–Kier alpha value is -3.14. The minimum atomic E-state index is -0.930. The Morgan fingerprint density at radius 2 is 2.03 bits per heavy atom. The predicted molar refractivity (Wildman–Crippen MR) is 108 cm³/mol. The quantitative estimate of drug-likeness (QED) is 0.671. The first-order valence-corrected chi connectivity index (χ1v) is 10.1. The summed E-state index contributed by atoms with van der Waals surface area (Å²) in [5.74, 6) is 1.20. The maximum Gasteiger partial charge on any atom is 0.172 e. The van der Waals surface area contributed by atoms with E-state index in [2.05, 4.69) is 30.9 Å². The van der Waals surface area contributed by atoms with Crippen LogP contribution >= 0.6 is 0 Å². The van der Waals surface area contributed by atoms with Crippen LogP contribution in [0.1, 0.15) is 25.1 Å². The fourth-order valence-electron chi connectivity index (χ4n) is 4.43. The molecule has 30 heavy (non-hydrogen) atoms. The number of hydrogen-bond donors (Lipinski definition) is 2. The molecule has 0 spiro atoms. The summed E-state index contributed by atoms with van der Waals surface area (Å²) in [6.45, 7) is 1.74. The van der Waals surface area contributed by atoms with Crippen LogP contribution in [0.4, 0.5) is 10.2 Å². The lowest BCUT2D eigenvalue weighted by Crippen LogP contribution is -2.55. The number of aromatic hydroxyl groups is 1. The molecule has 156 valence electrons. The molecule has 2 bridgehead atoms. The molecule has 3 aromatic rings. The predicted octanol–water partition coefficient (Wildman–Crippen LogP) is 1.80. The zero-order chi connectivity index (χ0) is 20.8. The molecule has 0 unspecified atom stereocenters. The van der Waals surface area contributed by atoms with Crippen LogP contribution in [-0.4, -0.2) is 66.9 Å². The van der Waals surface area contributed by atoms with Crippen molar-refractivity contribution in [3.63, 3.8) is 0 Å². The maximum absolute atomic E-state index is 14.8. The van der Waals surface area contributed by atoms with Crippen molar-refractivity contribution in [2.45, 2.75) is 50.5 Å². The van der Waals surface area contributed by atoms with E-state index in [0.717, 1.165) is 19.3 Å². The minimum absolute atomic E-state index is 0.0385. The summed E-state index contributed by atoms with van der Waals surface area (Å²) in [4.78, 5) is 3.23. The lowest BCUT2D eigenvalue weighted by atomic mass is 9.96. The number of halogens is 1. The topological polar surface area (TPSA) is 105 Å². The van der Waals surface area contributed by atoms with Crippen LogP contribution in [0.25, 0.3) is 16.9 Å². The molecule has 0 radical (unpaired) electrons. The van der Waals surface area contributed by atoms with E-state index < -0.39 is 6.17 Å². The lowest BCUT2D eigenvalue weighted by molar-refractivity contribution is 0.176. The maximum atomic E-state index is 14.8. The summed E-state index contributed by atoms with van der Waals surface area (Å²) in [5, 5.41) is 34.3. The second-order valence-electron chi connectivity index (χ2n) is 8.01. The lowest BCUT2D eigenvalue weighted by Gasteiger charge is -2.38. The van der Waals surface area contributed by atoms with Crippen molar-refractivity contribution in [1.82, 2.24) is 35.7 Å². The number of tetrazole rings is 1. The van der Waals surface area contributed by atoms with Crippen molar-refractivity contribution >= 4 is 5.82 Å². The number of fused-ring (bicyclic) bond motifs is 2. The highest BCUT2D eigenvalue weighted by atomic mass is 19.1. The van der Waals surface area contributed by atoms with Crippen molar-refractivity contribution in [2.75, 3.05) is 11.9 Å². The molecule has 0 saturated carbocycles. The Labute approximate surface area is 172 Å². The van der Waals surface area contributed by atoms with E-state index in [1.807, 2.05) is 18.0 Å². The molecule has 5 rings (SSSR count). The molecule has 2 aliphatic heterocycles. The molecule has 2 aromatic heterocycles.